The zero-order valence-electron chi connectivity index (χ0n) is 13.7. The van der Waals surface area contributed by atoms with Gasteiger partial charge < -0.3 is 19.6 Å². The van der Waals surface area contributed by atoms with E-state index in [2.05, 4.69) is 27.4 Å². The number of methoxy groups -OCH3 is 1. The lowest BCUT2D eigenvalue weighted by Gasteiger charge is -2.32. The number of amides is 1. The van der Waals surface area contributed by atoms with Crippen LogP contribution in [0.3, 0.4) is 0 Å². The molecule has 0 aliphatic carbocycles. The number of benzene rings is 1. The van der Waals surface area contributed by atoms with Gasteiger partial charge in [-0.3, -0.25) is 4.79 Å². The molecule has 1 aliphatic rings. The number of likely N-dealkylation sites (N-methyl/N-ethyl adjacent to an activating group) is 1. The predicted molar refractivity (Wildman–Crippen MR) is 88.9 cm³/mol. The van der Waals surface area contributed by atoms with Crippen molar-refractivity contribution in [1.82, 2.24) is 15.2 Å². The van der Waals surface area contributed by atoms with Gasteiger partial charge >= 0.3 is 0 Å². The summed E-state index contributed by atoms with van der Waals surface area (Å²) in [5.74, 6) is 0.239. The van der Waals surface area contributed by atoms with Gasteiger partial charge in [0.15, 0.2) is 11.5 Å². The van der Waals surface area contributed by atoms with Crippen LogP contribution in [0.1, 0.15) is 12.0 Å². The molecule has 0 unspecified atom stereocenters. The molecule has 7 nitrogen and oxygen atoms in total. The number of rotatable bonds is 6. The molecule has 23 heavy (non-hydrogen) atoms. The van der Waals surface area contributed by atoms with Crippen LogP contribution < -0.4 is 10.2 Å². The Bertz CT molecular complexity index is 554. The van der Waals surface area contributed by atoms with Gasteiger partial charge in [-0.25, -0.2) is 5.43 Å². The predicted octanol–water partition coefficient (Wildman–Crippen LogP) is 0.488. The van der Waals surface area contributed by atoms with E-state index >= 15 is 0 Å². The summed E-state index contributed by atoms with van der Waals surface area (Å²) >= 11 is 0. The van der Waals surface area contributed by atoms with Gasteiger partial charge in [-0.15, -0.1) is 0 Å². The minimum Gasteiger partial charge on any atom is -0.504 e. The van der Waals surface area contributed by atoms with Gasteiger partial charge in [-0.05, 0) is 19.2 Å². The van der Waals surface area contributed by atoms with Gasteiger partial charge in [0.1, 0.15) is 0 Å². The summed E-state index contributed by atoms with van der Waals surface area (Å²) in [6.07, 6.45) is 1.82. The molecule has 0 bridgehead atoms. The molecule has 0 spiro atoms. The molecular formula is C16H24N4O3. The summed E-state index contributed by atoms with van der Waals surface area (Å²) in [7, 11) is 3.59. The molecule has 0 radical (unpaired) electrons. The van der Waals surface area contributed by atoms with Crippen LogP contribution in [0, 0.1) is 0 Å². The molecule has 1 aromatic rings. The second-order valence-electron chi connectivity index (χ2n) is 5.59. The molecule has 0 atom stereocenters. The SMILES string of the molecule is COc1cccc(C=NNC(=O)CCN2CCN(C)CC2)c1O. The van der Waals surface area contributed by atoms with Gasteiger partial charge in [-0.2, -0.15) is 5.10 Å². The number of nitrogens with one attached hydrogen (secondary N) is 1. The fraction of sp³-hybridized carbons (Fsp3) is 0.500. The molecule has 2 N–H and O–H groups in total. The third kappa shape index (κ3) is 5.22. The highest BCUT2D eigenvalue weighted by Gasteiger charge is 2.14. The van der Waals surface area contributed by atoms with E-state index in [0.29, 0.717) is 17.7 Å². The van der Waals surface area contributed by atoms with E-state index in [-0.39, 0.29) is 11.7 Å². The average molecular weight is 320 g/mol. The van der Waals surface area contributed by atoms with Crippen LogP contribution in [0.2, 0.25) is 0 Å². The number of aromatic hydroxyl groups is 1. The number of carbonyl (C=O) groups excluding carboxylic acids is 1. The van der Waals surface area contributed by atoms with E-state index in [9.17, 15) is 9.90 Å². The summed E-state index contributed by atoms with van der Waals surface area (Å²) in [6, 6.07) is 5.09. The number of piperazine rings is 1. The number of phenolic OH excluding ortho intramolecular Hbond substituents is 1. The van der Waals surface area contributed by atoms with Crippen LogP contribution >= 0.6 is 0 Å². The van der Waals surface area contributed by atoms with Crippen molar-refractivity contribution >= 4 is 12.1 Å². The van der Waals surface area contributed by atoms with Crippen molar-refractivity contribution in [2.24, 2.45) is 5.10 Å². The molecule has 1 amide bonds. The van der Waals surface area contributed by atoms with Crippen LogP contribution in [0.25, 0.3) is 0 Å². The molecule has 0 aromatic heterocycles. The van der Waals surface area contributed by atoms with Crippen LogP contribution in [0.15, 0.2) is 23.3 Å². The molecule has 0 saturated carbocycles. The maximum absolute atomic E-state index is 11.8. The number of phenols is 1. The Kier molecular flexibility index (Phi) is 6.37. The molecule has 2 rings (SSSR count). The van der Waals surface area contributed by atoms with E-state index in [1.807, 2.05) is 0 Å². The molecule has 7 heteroatoms. The number of nitrogens with zero attached hydrogens (tertiary/aromatic N) is 3. The monoisotopic (exact) mass is 320 g/mol. The Morgan fingerprint density at radius 2 is 2.13 bits per heavy atom. The molecule has 1 heterocycles. The Labute approximate surface area is 136 Å². The first-order valence-corrected chi connectivity index (χ1v) is 7.69. The topological polar surface area (TPSA) is 77.4 Å². The van der Waals surface area contributed by atoms with Crippen molar-refractivity contribution in [1.29, 1.82) is 0 Å². The summed E-state index contributed by atoms with van der Waals surface area (Å²) in [4.78, 5) is 16.4. The van der Waals surface area contributed by atoms with E-state index < -0.39 is 0 Å². The highest BCUT2D eigenvalue weighted by molar-refractivity contribution is 5.86. The summed E-state index contributed by atoms with van der Waals surface area (Å²) in [5.41, 5.74) is 2.98. The lowest BCUT2D eigenvalue weighted by atomic mass is 10.2. The van der Waals surface area contributed by atoms with Crippen molar-refractivity contribution in [2.45, 2.75) is 6.42 Å². The fourth-order valence-electron chi connectivity index (χ4n) is 2.37. The average Bonchev–Trinajstić information content (AvgIpc) is 2.56. The second kappa shape index (κ2) is 8.50. The van der Waals surface area contributed by atoms with Crippen LogP contribution in [0.4, 0.5) is 0 Å². The zero-order valence-corrected chi connectivity index (χ0v) is 13.7. The maximum atomic E-state index is 11.8. The summed E-state index contributed by atoms with van der Waals surface area (Å²) in [6.45, 7) is 4.79. The lowest BCUT2D eigenvalue weighted by molar-refractivity contribution is -0.121. The minimum atomic E-state index is -0.137. The van der Waals surface area contributed by atoms with Gasteiger partial charge in [-0.1, -0.05) is 6.07 Å². The molecule has 1 aliphatic heterocycles. The van der Waals surface area contributed by atoms with Crippen molar-refractivity contribution < 1.29 is 14.6 Å². The third-order valence-electron chi connectivity index (χ3n) is 3.89. The van der Waals surface area contributed by atoms with Crippen LogP contribution in [-0.2, 0) is 4.79 Å². The van der Waals surface area contributed by atoms with Crippen molar-refractivity contribution in [3.63, 3.8) is 0 Å². The number of para-hydroxylation sites is 1. The van der Waals surface area contributed by atoms with E-state index in [1.165, 1.54) is 13.3 Å². The number of hydrazone groups is 1. The Morgan fingerprint density at radius 3 is 2.83 bits per heavy atom. The van der Waals surface area contributed by atoms with Gasteiger partial charge in [0.2, 0.25) is 5.91 Å². The zero-order chi connectivity index (χ0) is 16.7. The van der Waals surface area contributed by atoms with Crippen LogP contribution in [0.5, 0.6) is 11.5 Å². The second-order valence-corrected chi connectivity index (χ2v) is 5.59. The van der Waals surface area contributed by atoms with Gasteiger partial charge in [0.25, 0.3) is 0 Å². The Morgan fingerprint density at radius 1 is 1.39 bits per heavy atom. The smallest absolute Gasteiger partial charge is 0.241 e. The van der Waals surface area contributed by atoms with Gasteiger partial charge in [0, 0.05) is 44.7 Å². The summed E-state index contributed by atoms with van der Waals surface area (Å²) < 4.78 is 5.02. The molecule has 1 fully saturated rings. The van der Waals surface area contributed by atoms with Crippen molar-refractivity contribution in [3.8, 4) is 11.5 Å². The third-order valence-corrected chi connectivity index (χ3v) is 3.89. The minimum absolute atomic E-state index is 0.00503. The fourth-order valence-corrected chi connectivity index (χ4v) is 2.37. The van der Waals surface area contributed by atoms with E-state index in [0.717, 1.165) is 32.7 Å². The largest absolute Gasteiger partial charge is 0.504 e. The lowest BCUT2D eigenvalue weighted by Crippen LogP contribution is -2.45. The quantitative estimate of drug-likeness (QED) is 0.589. The first kappa shape index (κ1) is 17.2. The van der Waals surface area contributed by atoms with Gasteiger partial charge in [0.05, 0.1) is 13.3 Å². The Hall–Kier alpha value is -2.12. The first-order chi connectivity index (χ1) is 11.1. The number of ether oxygens (including phenoxy) is 1. The van der Waals surface area contributed by atoms with Crippen LogP contribution in [-0.4, -0.2) is 73.9 Å². The molecule has 1 saturated heterocycles. The first-order valence-electron chi connectivity index (χ1n) is 7.69. The number of carbonyl (C=O) groups is 1. The highest BCUT2D eigenvalue weighted by Crippen LogP contribution is 2.27. The van der Waals surface area contributed by atoms with E-state index in [4.69, 9.17) is 4.74 Å². The number of hydrogen-bond donors (Lipinski definition) is 2. The van der Waals surface area contributed by atoms with E-state index in [1.54, 1.807) is 18.2 Å². The molecular weight excluding hydrogens is 296 g/mol. The highest BCUT2D eigenvalue weighted by atomic mass is 16.5. The number of hydrogen-bond acceptors (Lipinski definition) is 6. The standard InChI is InChI=1S/C16H24N4O3/c1-19-8-10-20(11-9-19)7-6-15(21)18-17-12-13-4-3-5-14(23-2)16(13)22/h3-5,12,22H,6-11H2,1-2H3,(H,18,21). The van der Waals surface area contributed by atoms with Crippen molar-refractivity contribution in [2.75, 3.05) is 46.9 Å². The molecule has 126 valence electrons. The van der Waals surface area contributed by atoms with Crippen molar-refractivity contribution in [3.05, 3.63) is 23.8 Å². The maximum Gasteiger partial charge on any atom is 0.241 e. The molecule has 1 aromatic carbocycles. The summed E-state index contributed by atoms with van der Waals surface area (Å²) in [5, 5.41) is 13.8. The normalized spacial score (nSPS) is 16.6. The Balaban J connectivity index is 1.76.